The van der Waals surface area contributed by atoms with Crippen LogP contribution in [-0.4, -0.2) is 12.2 Å². The number of hydrogen-bond acceptors (Lipinski definition) is 2. The lowest BCUT2D eigenvalue weighted by atomic mass is 10.1. The number of halogens is 2. The van der Waals surface area contributed by atoms with Crippen molar-refractivity contribution in [2.24, 2.45) is 0 Å². The van der Waals surface area contributed by atoms with Crippen LogP contribution in [0, 0.1) is 12.7 Å². The third-order valence-electron chi connectivity index (χ3n) is 4.08. The number of hydrogen-bond donors (Lipinski definition) is 0. The van der Waals surface area contributed by atoms with E-state index in [-0.39, 0.29) is 24.7 Å². The first-order valence-electron chi connectivity index (χ1n) is 7.50. The van der Waals surface area contributed by atoms with Crippen LogP contribution in [0.1, 0.15) is 23.1 Å². The van der Waals surface area contributed by atoms with Crippen LogP contribution in [-0.2, 0) is 16.1 Å². The van der Waals surface area contributed by atoms with Crippen molar-refractivity contribution < 1.29 is 14.0 Å². The second-order valence-electron chi connectivity index (χ2n) is 5.71. The maximum atomic E-state index is 13.8. The fraction of sp³-hybridized carbons (Fsp3) is 0.158. The molecule has 0 saturated heterocycles. The van der Waals surface area contributed by atoms with Crippen molar-refractivity contribution >= 4 is 38.3 Å². The number of rotatable bonds is 3. The van der Waals surface area contributed by atoms with Crippen LogP contribution in [0.3, 0.4) is 0 Å². The van der Waals surface area contributed by atoms with E-state index in [1.807, 2.05) is 30.3 Å². The summed E-state index contributed by atoms with van der Waals surface area (Å²) in [6, 6.07) is 12.3. The lowest BCUT2D eigenvalue weighted by Gasteiger charge is -2.23. The van der Waals surface area contributed by atoms with Crippen LogP contribution in [0.4, 0.5) is 10.1 Å². The predicted molar refractivity (Wildman–Crippen MR) is 95.3 cm³/mol. The average Bonchev–Trinajstić information content (AvgIpc) is 2.68. The highest BCUT2D eigenvalue weighted by molar-refractivity contribution is 9.15. The summed E-state index contributed by atoms with van der Waals surface area (Å²) in [6.45, 7) is 1.95. The molecule has 2 aromatic rings. The minimum atomic E-state index is -0.295. The lowest BCUT2D eigenvalue weighted by Crippen LogP contribution is -2.30. The van der Waals surface area contributed by atoms with E-state index in [1.54, 1.807) is 17.9 Å². The molecule has 0 atom stereocenters. The van der Waals surface area contributed by atoms with Gasteiger partial charge in [0.25, 0.3) is 0 Å². The highest BCUT2D eigenvalue weighted by atomic mass is 79.9. The summed E-state index contributed by atoms with van der Waals surface area (Å²) >= 11 is 3.43. The number of para-hydroxylation sites is 1. The van der Waals surface area contributed by atoms with Gasteiger partial charge in [-0.05, 0) is 46.1 Å². The molecule has 0 radical (unpaired) electrons. The Bertz CT molecular complexity index is 860. The summed E-state index contributed by atoms with van der Waals surface area (Å²) in [5, 5.41) is 0. The van der Waals surface area contributed by atoms with Gasteiger partial charge in [-0.15, -0.1) is 0 Å². The van der Waals surface area contributed by atoms with E-state index in [4.69, 9.17) is 0 Å². The molecular formula is C19H15BrFNO2. The number of carbonyl (C=O) groups excluding carboxylic acids is 2. The second-order valence-corrected chi connectivity index (χ2v) is 6.51. The molecule has 0 saturated carbocycles. The smallest absolute Gasteiger partial charge is 0.231 e. The molecule has 1 aliphatic heterocycles. The van der Waals surface area contributed by atoms with Crippen molar-refractivity contribution in [2.75, 3.05) is 4.90 Å². The largest absolute Gasteiger partial charge is 0.307 e. The molecule has 0 spiro atoms. The first-order chi connectivity index (χ1) is 11.5. The van der Waals surface area contributed by atoms with Crippen molar-refractivity contribution in [2.45, 2.75) is 19.9 Å². The molecule has 0 fully saturated rings. The van der Waals surface area contributed by atoms with E-state index in [1.165, 1.54) is 6.07 Å². The molecule has 0 bridgehead atoms. The third kappa shape index (κ3) is 3.04. The van der Waals surface area contributed by atoms with Gasteiger partial charge >= 0.3 is 0 Å². The van der Waals surface area contributed by atoms with Crippen LogP contribution in [0.15, 0.2) is 48.0 Å². The number of anilines is 1. The molecule has 122 valence electrons. The number of nitrogens with zero attached hydrogens (tertiary/aromatic N) is 1. The van der Waals surface area contributed by atoms with Crippen molar-refractivity contribution in [3.63, 3.8) is 0 Å². The maximum Gasteiger partial charge on any atom is 0.231 e. The Morgan fingerprint density at radius 3 is 2.71 bits per heavy atom. The van der Waals surface area contributed by atoms with Crippen molar-refractivity contribution in [1.29, 1.82) is 0 Å². The number of amides is 1. The molecule has 3 nitrogen and oxygen atoms in total. The molecule has 1 aliphatic rings. The molecule has 0 unspecified atom stereocenters. The zero-order valence-corrected chi connectivity index (χ0v) is 14.6. The monoisotopic (exact) mass is 387 g/mol. The van der Waals surface area contributed by atoms with E-state index < -0.39 is 0 Å². The van der Waals surface area contributed by atoms with E-state index in [0.29, 0.717) is 33.2 Å². The molecule has 24 heavy (non-hydrogen) atoms. The van der Waals surface area contributed by atoms with E-state index >= 15 is 0 Å². The fourth-order valence-electron chi connectivity index (χ4n) is 2.72. The van der Waals surface area contributed by atoms with Crippen molar-refractivity contribution in [3.8, 4) is 0 Å². The highest BCUT2D eigenvalue weighted by Crippen LogP contribution is 2.37. The van der Waals surface area contributed by atoms with Gasteiger partial charge in [0.15, 0.2) is 0 Å². The first kappa shape index (κ1) is 16.6. The zero-order chi connectivity index (χ0) is 17.3. The summed E-state index contributed by atoms with van der Waals surface area (Å²) in [4.78, 5) is 25.6. The van der Waals surface area contributed by atoms with Crippen molar-refractivity contribution in [1.82, 2.24) is 0 Å². The normalized spacial score (nSPS) is 14.5. The van der Waals surface area contributed by atoms with Gasteiger partial charge in [0.1, 0.15) is 12.1 Å². The summed E-state index contributed by atoms with van der Waals surface area (Å²) < 4.78 is 14.4. The zero-order valence-electron chi connectivity index (χ0n) is 13.1. The van der Waals surface area contributed by atoms with Crippen LogP contribution < -0.4 is 4.90 Å². The number of aryl methyl sites for hydroxylation is 1. The molecule has 1 amide bonds. The second kappa shape index (κ2) is 6.69. The van der Waals surface area contributed by atoms with Gasteiger partial charge in [-0.3, -0.25) is 9.59 Å². The van der Waals surface area contributed by atoms with Gasteiger partial charge in [0.05, 0.1) is 18.7 Å². The Labute approximate surface area is 147 Å². The van der Waals surface area contributed by atoms with Gasteiger partial charge < -0.3 is 4.90 Å². The number of benzene rings is 2. The number of fused-ring (bicyclic) bond motifs is 1. The molecule has 2 aromatic carbocycles. The average molecular weight is 388 g/mol. The topological polar surface area (TPSA) is 37.4 Å². The third-order valence-corrected chi connectivity index (χ3v) is 5.01. The fourth-order valence-corrected chi connectivity index (χ4v) is 3.29. The minimum absolute atomic E-state index is 0.00705. The van der Waals surface area contributed by atoms with E-state index in [0.717, 1.165) is 5.56 Å². The Hall–Kier alpha value is -2.27. The van der Waals surface area contributed by atoms with Crippen LogP contribution in [0.2, 0.25) is 0 Å². The number of carbonyl (C=O) groups is 2. The van der Waals surface area contributed by atoms with E-state index in [2.05, 4.69) is 15.9 Å². The lowest BCUT2D eigenvalue weighted by molar-refractivity contribution is -0.118. The highest BCUT2D eigenvalue weighted by Gasteiger charge is 2.26. The molecule has 0 aromatic heterocycles. The quantitative estimate of drug-likeness (QED) is 0.733. The minimum Gasteiger partial charge on any atom is -0.307 e. The Kier molecular flexibility index (Phi) is 4.62. The molecule has 0 N–H and O–H groups in total. The van der Waals surface area contributed by atoms with Gasteiger partial charge in [0, 0.05) is 15.6 Å². The summed E-state index contributed by atoms with van der Waals surface area (Å²) in [5.41, 5.74) is 3.15. The molecule has 1 heterocycles. The van der Waals surface area contributed by atoms with E-state index in [9.17, 15) is 14.0 Å². The maximum absolute atomic E-state index is 13.8. The molecule has 0 aliphatic carbocycles. The standard InChI is InChI=1S/C19H15BrFNO2/c1-12-6-7-13(8-16(12)21)10-22-17-5-3-2-4-15(17)19(20)14(11-23)9-18(22)24/h2-8,11H,9-10H2,1H3. The van der Waals surface area contributed by atoms with Crippen LogP contribution >= 0.6 is 15.9 Å². The first-order valence-corrected chi connectivity index (χ1v) is 8.29. The Morgan fingerprint density at radius 2 is 2.00 bits per heavy atom. The van der Waals surface area contributed by atoms with Gasteiger partial charge in [-0.2, -0.15) is 0 Å². The summed E-state index contributed by atoms with van der Waals surface area (Å²) in [7, 11) is 0. The van der Waals surface area contributed by atoms with Crippen LogP contribution in [0.5, 0.6) is 0 Å². The summed E-state index contributed by atoms with van der Waals surface area (Å²) in [6.07, 6.45) is 0.709. The number of aldehydes is 1. The molecule has 5 heteroatoms. The van der Waals surface area contributed by atoms with Gasteiger partial charge in [0.2, 0.25) is 5.91 Å². The Balaban J connectivity index is 2.05. The van der Waals surface area contributed by atoms with Gasteiger partial charge in [-0.1, -0.05) is 30.3 Å². The van der Waals surface area contributed by atoms with Crippen LogP contribution in [0.25, 0.3) is 4.48 Å². The summed E-state index contributed by atoms with van der Waals surface area (Å²) in [5.74, 6) is -0.490. The Morgan fingerprint density at radius 1 is 1.25 bits per heavy atom. The molecule has 3 rings (SSSR count). The predicted octanol–water partition coefficient (Wildman–Crippen LogP) is 4.38. The van der Waals surface area contributed by atoms with Crippen molar-refractivity contribution in [3.05, 3.63) is 70.5 Å². The SMILES string of the molecule is Cc1ccc(CN2C(=O)CC(C=O)=C(Br)c3ccccc32)cc1F. The van der Waals surface area contributed by atoms with Gasteiger partial charge in [-0.25, -0.2) is 4.39 Å². The molecular weight excluding hydrogens is 373 g/mol.